The van der Waals surface area contributed by atoms with Gasteiger partial charge in [-0.2, -0.15) is 0 Å². The third-order valence-corrected chi connectivity index (χ3v) is 4.60. The Morgan fingerprint density at radius 3 is 2.75 bits per heavy atom. The summed E-state index contributed by atoms with van der Waals surface area (Å²) in [5.74, 6) is -0.0433. The number of benzene rings is 2. The molecular weight excluding hydrogens is 302 g/mol. The van der Waals surface area contributed by atoms with E-state index in [-0.39, 0.29) is 6.10 Å². The number of rotatable bonds is 4. The molecule has 2 heterocycles. The van der Waals surface area contributed by atoms with Crippen molar-refractivity contribution in [1.82, 2.24) is 5.32 Å². The Bertz CT molecular complexity index is 668. The van der Waals surface area contributed by atoms with Crippen LogP contribution in [0.3, 0.4) is 0 Å². The molecule has 4 heteroatoms. The molecule has 0 amide bonds. The van der Waals surface area contributed by atoms with Crippen molar-refractivity contribution in [1.29, 1.82) is 0 Å². The van der Waals surface area contributed by atoms with Crippen molar-refractivity contribution >= 4 is 0 Å². The summed E-state index contributed by atoms with van der Waals surface area (Å²) in [5.41, 5.74) is 3.11. The number of ether oxygens (including phenoxy) is 3. The van der Waals surface area contributed by atoms with Gasteiger partial charge < -0.3 is 19.5 Å². The minimum Gasteiger partial charge on any atom is -0.488 e. The van der Waals surface area contributed by atoms with E-state index in [0.29, 0.717) is 13.2 Å². The fourth-order valence-corrected chi connectivity index (χ4v) is 3.47. The maximum Gasteiger partial charge on any atom is 0.226 e. The first-order valence-corrected chi connectivity index (χ1v) is 8.66. The average Bonchev–Trinajstić information content (AvgIpc) is 3.00. The van der Waals surface area contributed by atoms with Crippen LogP contribution in [-0.2, 0) is 21.9 Å². The normalized spacial score (nSPS) is 25.0. The van der Waals surface area contributed by atoms with Gasteiger partial charge in [0.2, 0.25) is 5.79 Å². The van der Waals surface area contributed by atoms with Gasteiger partial charge in [0, 0.05) is 12.1 Å². The monoisotopic (exact) mass is 325 g/mol. The van der Waals surface area contributed by atoms with Crippen LogP contribution in [0.5, 0.6) is 5.75 Å². The molecule has 2 unspecified atom stereocenters. The minimum absolute atomic E-state index is 0.0239. The molecule has 0 aromatic heterocycles. The van der Waals surface area contributed by atoms with Gasteiger partial charge >= 0.3 is 0 Å². The quantitative estimate of drug-likeness (QED) is 0.877. The maximum atomic E-state index is 6.50. The first-order valence-electron chi connectivity index (χ1n) is 8.66. The van der Waals surface area contributed by atoms with Gasteiger partial charge in [-0.3, -0.25) is 0 Å². The van der Waals surface area contributed by atoms with Gasteiger partial charge in [-0.1, -0.05) is 43.3 Å². The second-order valence-electron chi connectivity index (χ2n) is 6.31. The SMILES string of the molecule is CCCNCC1COC2(O1)c1ccccc1COc1ccccc12. The third kappa shape index (κ3) is 2.61. The summed E-state index contributed by atoms with van der Waals surface area (Å²) >= 11 is 0. The highest BCUT2D eigenvalue weighted by atomic mass is 16.7. The van der Waals surface area contributed by atoms with Crippen LogP contribution in [0.1, 0.15) is 30.0 Å². The van der Waals surface area contributed by atoms with Gasteiger partial charge in [0.1, 0.15) is 12.4 Å². The summed E-state index contributed by atoms with van der Waals surface area (Å²) < 4.78 is 18.8. The number of hydrogen-bond donors (Lipinski definition) is 1. The van der Waals surface area contributed by atoms with Gasteiger partial charge in [-0.25, -0.2) is 0 Å². The van der Waals surface area contributed by atoms with E-state index in [2.05, 4.69) is 24.4 Å². The number of nitrogens with one attached hydrogen (secondary N) is 1. The van der Waals surface area contributed by atoms with Crippen molar-refractivity contribution in [2.45, 2.75) is 31.8 Å². The molecule has 24 heavy (non-hydrogen) atoms. The summed E-state index contributed by atoms with van der Waals surface area (Å²) in [4.78, 5) is 0. The Kier molecular flexibility index (Phi) is 4.27. The highest BCUT2D eigenvalue weighted by molar-refractivity contribution is 5.48. The van der Waals surface area contributed by atoms with Crippen molar-refractivity contribution in [2.75, 3.05) is 19.7 Å². The Labute approximate surface area is 142 Å². The molecule has 0 aliphatic carbocycles. The Morgan fingerprint density at radius 1 is 1.08 bits per heavy atom. The molecular formula is C20H23NO3. The Morgan fingerprint density at radius 2 is 1.88 bits per heavy atom. The number of fused-ring (bicyclic) bond motifs is 4. The first kappa shape index (κ1) is 15.6. The second kappa shape index (κ2) is 6.55. The zero-order valence-electron chi connectivity index (χ0n) is 14.0. The molecule has 2 aromatic carbocycles. The molecule has 0 bridgehead atoms. The average molecular weight is 325 g/mol. The fraction of sp³-hybridized carbons (Fsp3) is 0.400. The molecule has 1 spiro atoms. The van der Waals surface area contributed by atoms with Gasteiger partial charge in [0.05, 0.1) is 18.3 Å². The fourth-order valence-electron chi connectivity index (χ4n) is 3.47. The molecule has 0 radical (unpaired) electrons. The molecule has 4 nitrogen and oxygen atoms in total. The predicted octanol–water partition coefficient (Wildman–Crippen LogP) is 3.20. The van der Waals surface area contributed by atoms with Crippen molar-refractivity contribution in [2.24, 2.45) is 0 Å². The van der Waals surface area contributed by atoms with E-state index in [1.165, 1.54) is 0 Å². The Balaban J connectivity index is 1.74. The zero-order chi connectivity index (χ0) is 16.4. The lowest BCUT2D eigenvalue weighted by Crippen LogP contribution is -2.33. The van der Waals surface area contributed by atoms with E-state index in [9.17, 15) is 0 Å². The molecule has 1 N–H and O–H groups in total. The topological polar surface area (TPSA) is 39.7 Å². The van der Waals surface area contributed by atoms with Gasteiger partial charge in [0.15, 0.2) is 0 Å². The van der Waals surface area contributed by atoms with Gasteiger partial charge in [0.25, 0.3) is 0 Å². The molecule has 0 saturated carbocycles. The minimum atomic E-state index is -0.873. The van der Waals surface area contributed by atoms with Crippen LogP contribution in [0.2, 0.25) is 0 Å². The lowest BCUT2D eigenvalue weighted by Gasteiger charge is -2.29. The third-order valence-electron chi connectivity index (χ3n) is 4.60. The molecule has 4 rings (SSSR count). The summed E-state index contributed by atoms with van der Waals surface area (Å²) in [6.07, 6.45) is 1.13. The smallest absolute Gasteiger partial charge is 0.226 e. The van der Waals surface area contributed by atoms with Crippen LogP contribution in [-0.4, -0.2) is 25.8 Å². The van der Waals surface area contributed by atoms with Crippen molar-refractivity contribution in [3.63, 3.8) is 0 Å². The van der Waals surface area contributed by atoms with Crippen LogP contribution < -0.4 is 10.1 Å². The molecule has 1 saturated heterocycles. The zero-order valence-corrected chi connectivity index (χ0v) is 14.0. The first-order chi connectivity index (χ1) is 11.8. The van der Waals surface area contributed by atoms with E-state index in [0.717, 1.165) is 42.0 Å². The number of para-hydroxylation sites is 1. The van der Waals surface area contributed by atoms with Crippen molar-refractivity contribution < 1.29 is 14.2 Å². The number of hydrogen-bond acceptors (Lipinski definition) is 4. The van der Waals surface area contributed by atoms with Crippen LogP contribution in [0.4, 0.5) is 0 Å². The molecule has 2 aliphatic rings. The van der Waals surface area contributed by atoms with Crippen molar-refractivity contribution in [3.05, 3.63) is 65.2 Å². The van der Waals surface area contributed by atoms with Gasteiger partial charge in [-0.05, 0) is 30.7 Å². The van der Waals surface area contributed by atoms with E-state index >= 15 is 0 Å². The van der Waals surface area contributed by atoms with Crippen molar-refractivity contribution in [3.8, 4) is 5.75 Å². The van der Waals surface area contributed by atoms with E-state index in [1.54, 1.807) is 0 Å². The molecule has 1 fully saturated rings. The molecule has 2 aliphatic heterocycles. The highest BCUT2D eigenvalue weighted by Gasteiger charge is 2.48. The van der Waals surface area contributed by atoms with Crippen LogP contribution >= 0.6 is 0 Å². The molecule has 2 atom stereocenters. The lowest BCUT2D eigenvalue weighted by atomic mass is 9.93. The van der Waals surface area contributed by atoms with E-state index < -0.39 is 5.79 Å². The largest absolute Gasteiger partial charge is 0.488 e. The summed E-state index contributed by atoms with van der Waals surface area (Å²) in [6.45, 7) is 5.04. The van der Waals surface area contributed by atoms with Crippen LogP contribution in [0.25, 0.3) is 0 Å². The maximum absolute atomic E-state index is 6.50. The summed E-state index contributed by atoms with van der Waals surface area (Å²) in [5, 5.41) is 3.43. The van der Waals surface area contributed by atoms with Crippen LogP contribution in [0.15, 0.2) is 48.5 Å². The molecule has 2 aromatic rings. The predicted molar refractivity (Wildman–Crippen MR) is 92.0 cm³/mol. The molecule has 126 valence electrons. The van der Waals surface area contributed by atoms with Crippen LogP contribution in [0, 0.1) is 0 Å². The van der Waals surface area contributed by atoms with E-state index in [4.69, 9.17) is 14.2 Å². The lowest BCUT2D eigenvalue weighted by molar-refractivity contribution is -0.142. The summed E-state index contributed by atoms with van der Waals surface area (Å²) in [6, 6.07) is 16.2. The Hall–Kier alpha value is -1.88. The standard InChI is InChI=1S/C20H23NO3/c1-2-11-21-12-16-14-23-20(24-16)17-8-4-3-7-15(17)13-22-19-10-6-5-9-18(19)20/h3-10,16,21H,2,11-14H2,1H3. The van der Waals surface area contributed by atoms with Gasteiger partial charge in [-0.15, -0.1) is 0 Å². The summed E-state index contributed by atoms with van der Waals surface area (Å²) in [7, 11) is 0. The highest BCUT2D eigenvalue weighted by Crippen LogP contribution is 2.47. The second-order valence-corrected chi connectivity index (χ2v) is 6.31. The van der Waals surface area contributed by atoms with E-state index in [1.807, 2.05) is 36.4 Å².